The van der Waals surface area contributed by atoms with E-state index in [9.17, 15) is 9.90 Å². The fourth-order valence-corrected chi connectivity index (χ4v) is 1.98. The van der Waals surface area contributed by atoms with Gasteiger partial charge in [0.1, 0.15) is 5.60 Å². The molecule has 0 aromatic carbocycles. The summed E-state index contributed by atoms with van der Waals surface area (Å²) < 4.78 is 5.26. The average molecular weight is 244 g/mol. The SMILES string of the molecule is CCC(N)C1(O)CCN(C(=O)OC(C)(C)C)C1. The fraction of sp³-hybridized carbons (Fsp3) is 0.917. The summed E-state index contributed by atoms with van der Waals surface area (Å²) in [5, 5.41) is 10.3. The molecule has 1 aliphatic heterocycles. The van der Waals surface area contributed by atoms with Crippen molar-refractivity contribution in [2.45, 2.75) is 57.8 Å². The van der Waals surface area contributed by atoms with E-state index >= 15 is 0 Å². The van der Waals surface area contributed by atoms with Crippen LogP contribution in [0.1, 0.15) is 40.5 Å². The van der Waals surface area contributed by atoms with Gasteiger partial charge in [-0.15, -0.1) is 0 Å². The van der Waals surface area contributed by atoms with Crippen LogP contribution in [0.3, 0.4) is 0 Å². The number of hydrogen-bond donors (Lipinski definition) is 2. The van der Waals surface area contributed by atoms with Crippen LogP contribution < -0.4 is 5.73 Å². The molecule has 1 heterocycles. The highest BCUT2D eigenvalue weighted by Gasteiger charge is 2.43. The Morgan fingerprint density at radius 1 is 1.59 bits per heavy atom. The molecule has 17 heavy (non-hydrogen) atoms. The Labute approximate surface area is 103 Å². The van der Waals surface area contributed by atoms with Crippen LogP contribution in [0.2, 0.25) is 0 Å². The van der Waals surface area contributed by atoms with Gasteiger partial charge in [-0.25, -0.2) is 4.79 Å². The van der Waals surface area contributed by atoms with Crippen LogP contribution in [-0.4, -0.2) is 46.4 Å². The van der Waals surface area contributed by atoms with Crippen molar-refractivity contribution < 1.29 is 14.6 Å². The summed E-state index contributed by atoms with van der Waals surface area (Å²) in [7, 11) is 0. The Balaban J connectivity index is 2.58. The average Bonchev–Trinajstić information content (AvgIpc) is 2.58. The van der Waals surface area contributed by atoms with Gasteiger partial charge in [0.2, 0.25) is 0 Å². The van der Waals surface area contributed by atoms with E-state index in [-0.39, 0.29) is 18.7 Å². The smallest absolute Gasteiger partial charge is 0.410 e. The number of nitrogens with two attached hydrogens (primary N) is 1. The number of β-amino-alcohol motifs (C(OH)–C–C–N with tert-alkyl or cyclic N) is 1. The summed E-state index contributed by atoms with van der Waals surface area (Å²) in [5.74, 6) is 0. The molecule has 100 valence electrons. The third kappa shape index (κ3) is 3.57. The molecule has 5 nitrogen and oxygen atoms in total. The van der Waals surface area contributed by atoms with Crippen molar-refractivity contribution in [3.8, 4) is 0 Å². The number of carbonyl (C=O) groups excluding carboxylic acids is 1. The molecule has 3 N–H and O–H groups in total. The highest BCUT2D eigenvalue weighted by molar-refractivity contribution is 5.68. The van der Waals surface area contributed by atoms with E-state index in [0.717, 1.165) is 0 Å². The molecule has 1 saturated heterocycles. The Hall–Kier alpha value is -0.810. The van der Waals surface area contributed by atoms with E-state index < -0.39 is 11.2 Å². The van der Waals surface area contributed by atoms with Gasteiger partial charge in [0, 0.05) is 12.6 Å². The quantitative estimate of drug-likeness (QED) is 0.762. The number of ether oxygens (including phenoxy) is 1. The van der Waals surface area contributed by atoms with Gasteiger partial charge in [-0.1, -0.05) is 6.92 Å². The van der Waals surface area contributed by atoms with Crippen molar-refractivity contribution in [1.29, 1.82) is 0 Å². The van der Waals surface area contributed by atoms with Crippen LogP contribution in [0.5, 0.6) is 0 Å². The molecule has 0 bridgehead atoms. The second-order valence-electron chi connectivity index (χ2n) is 5.77. The Kier molecular flexibility index (Phi) is 4.04. The fourth-order valence-electron chi connectivity index (χ4n) is 1.98. The number of rotatable bonds is 2. The summed E-state index contributed by atoms with van der Waals surface area (Å²) in [5.41, 5.74) is 4.40. The first-order chi connectivity index (χ1) is 7.68. The number of nitrogens with zero attached hydrogens (tertiary/aromatic N) is 1. The predicted octanol–water partition coefficient (Wildman–Crippen LogP) is 1.10. The zero-order valence-corrected chi connectivity index (χ0v) is 11.2. The molecule has 0 spiro atoms. The normalized spacial score (nSPS) is 27.1. The summed E-state index contributed by atoms with van der Waals surface area (Å²) >= 11 is 0. The van der Waals surface area contributed by atoms with Crippen LogP contribution in [0, 0.1) is 0 Å². The van der Waals surface area contributed by atoms with E-state index in [2.05, 4.69) is 0 Å². The van der Waals surface area contributed by atoms with Gasteiger partial charge in [-0.05, 0) is 33.6 Å². The summed E-state index contributed by atoms with van der Waals surface area (Å²) in [4.78, 5) is 13.3. The zero-order chi connectivity index (χ0) is 13.3. The Bertz CT molecular complexity index is 288. The molecule has 2 atom stereocenters. The van der Waals surface area contributed by atoms with Gasteiger partial charge >= 0.3 is 6.09 Å². The van der Waals surface area contributed by atoms with E-state index in [4.69, 9.17) is 10.5 Å². The van der Waals surface area contributed by atoms with E-state index in [1.165, 1.54) is 4.90 Å². The second kappa shape index (κ2) is 4.82. The number of hydrogen-bond acceptors (Lipinski definition) is 4. The molecular formula is C12H24N2O3. The van der Waals surface area contributed by atoms with Crippen LogP contribution in [0.4, 0.5) is 4.79 Å². The molecule has 2 unspecified atom stereocenters. The highest BCUT2D eigenvalue weighted by Crippen LogP contribution is 2.26. The minimum atomic E-state index is -0.967. The van der Waals surface area contributed by atoms with Crippen LogP contribution in [0.15, 0.2) is 0 Å². The van der Waals surface area contributed by atoms with Gasteiger partial charge in [0.05, 0.1) is 12.1 Å². The molecular weight excluding hydrogens is 220 g/mol. The Morgan fingerprint density at radius 3 is 2.65 bits per heavy atom. The molecule has 0 aromatic rings. The van der Waals surface area contributed by atoms with Crippen LogP contribution in [0.25, 0.3) is 0 Å². The van der Waals surface area contributed by atoms with Crippen molar-refractivity contribution >= 4 is 6.09 Å². The molecule has 0 saturated carbocycles. The predicted molar refractivity (Wildman–Crippen MR) is 65.6 cm³/mol. The van der Waals surface area contributed by atoms with Crippen molar-refractivity contribution in [2.75, 3.05) is 13.1 Å². The van der Waals surface area contributed by atoms with Crippen molar-refractivity contribution in [3.05, 3.63) is 0 Å². The standard InChI is InChI=1S/C12H24N2O3/c1-5-9(13)12(16)6-7-14(8-12)10(15)17-11(2,3)4/h9,16H,5-8,13H2,1-4H3. The molecule has 0 aromatic heterocycles. The second-order valence-corrected chi connectivity index (χ2v) is 5.77. The maximum Gasteiger partial charge on any atom is 0.410 e. The maximum absolute atomic E-state index is 11.8. The van der Waals surface area contributed by atoms with Gasteiger partial charge in [-0.3, -0.25) is 0 Å². The topological polar surface area (TPSA) is 75.8 Å². The van der Waals surface area contributed by atoms with Crippen molar-refractivity contribution in [2.24, 2.45) is 5.73 Å². The van der Waals surface area contributed by atoms with Gasteiger partial charge in [-0.2, -0.15) is 0 Å². The summed E-state index contributed by atoms with van der Waals surface area (Å²) in [6, 6.07) is -0.296. The molecule has 1 fully saturated rings. The lowest BCUT2D eigenvalue weighted by Gasteiger charge is -2.29. The van der Waals surface area contributed by atoms with Crippen molar-refractivity contribution in [1.82, 2.24) is 4.90 Å². The monoisotopic (exact) mass is 244 g/mol. The zero-order valence-electron chi connectivity index (χ0n) is 11.2. The first kappa shape index (κ1) is 14.3. The Morgan fingerprint density at radius 2 is 2.18 bits per heavy atom. The van der Waals surface area contributed by atoms with Gasteiger partial charge < -0.3 is 20.5 Å². The third-order valence-electron chi connectivity index (χ3n) is 3.06. The summed E-state index contributed by atoms with van der Waals surface area (Å²) in [6.07, 6.45) is 0.830. The van der Waals surface area contributed by atoms with Gasteiger partial charge in [0.25, 0.3) is 0 Å². The first-order valence-electron chi connectivity index (χ1n) is 6.14. The number of aliphatic hydroxyl groups is 1. The summed E-state index contributed by atoms with van der Waals surface area (Å²) in [6.45, 7) is 8.16. The third-order valence-corrected chi connectivity index (χ3v) is 3.06. The molecule has 5 heteroatoms. The lowest BCUT2D eigenvalue weighted by Crippen LogP contribution is -2.50. The molecule has 0 aliphatic carbocycles. The molecule has 0 radical (unpaired) electrons. The minimum Gasteiger partial charge on any atom is -0.444 e. The number of carbonyl (C=O) groups is 1. The highest BCUT2D eigenvalue weighted by atomic mass is 16.6. The molecule has 1 rings (SSSR count). The van der Waals surface area contributed by atoms with Crippen LogP contribution >= 0.6 is 0 Å². The first-order valence-corrected chi connectivity index (χ1v) is 6.14. The lowest BCUT2D eigenvalue weighted by atomic mass is 9.92. The van der Waals surface area contributed by atoms with E-state index in [0.29, 0.717) is 19.4 Å². The van der Waals surface area contributed by atoms with Crippen molar-refractivity contribution in [3.63, 3.8) is 0 Å². The molecule has 1 aliphatic rings. The van der Waals surface area contributed by atoms with E-state index in [1.54, 1.807) is 0 Å². The number of amides is 1. The maximum atomic E-state index is 11.8. The number of likely N-dealkylation sites (tertiary alicyclic amines) is 1. The van der Waals surface area contributed by atoms with Gasteiger partial charge in [0.15, 0.2) is 0 Å². The minimum absolute atomic E-state index is 0.261. The molecule has 1 amide bonds. The lowest BCUT2D eigenvalue weighted by molar-refractivity contribution is 0.00498. The van der Waals surface area contributed by atoms with E-state index in [1.807, 2.05) is 27.7 Å². The van der Waals surface area contributed by atoms with Crippen LogP contribution in [-0.2, 0) is 4.74 Å². The largest absolute Gasteiger partial charge is 0.444 e.